The van der Waals surface area contributed by atoms with Gasteiger partial charge < -0.3 is 9.64 Å². The van der Waals surface area contributed by atoms with Crippen LogP contribution in [0.25, 0.3) is 0 Å². The molecule has 0 amide bonds. The topological polar surface area (TPSA) is 29.5 Å². The van der Waals surface area contributed by atoms with Gasteiger partial charge in [-0.3, -0.25) is 0 Å². The van der Waals surface area contributed by atoms with Crippen molar-refractivity contribution in [3.8, 4) is 0 Å². The van der Waals surface area contributed by atoms with Crippen LogP contribution in [0.3, 0.4) is 0 Å². The lowest BCUT2D eigenvalue weighted by molar-refractivity contribution is -0.140. The van der Waals surface area contributed by atoms with Gasteiger partial charge in [-0.2, -0.15) is 0 Å². The molecule has 0 aromatic heterocycles. The van der Waals surface area contributed by atoms with Gasteiger partial charge >= 0.3 is 5.97 Å². The second kappa shape index (κ2) is 7.46. The highest BCUT2D eigenvalue weighted by Gasteiger charge is 2.10. The Labute approximate surface area is 93.1 Å². The van der Waals surface area contributed by atoms with Crippen LogP contribution < -0.4 is 0 Å². The molecule has 0 saturated heterocycles. The Balaban J connectivity index is 3.78. The summed E-state index contributed by atoms with van der Waals surface area (Å²) in [6.07, 6.45) is 0. The van der Waals surface area contributed by atoms with E-state index in [1.807, 2.05) is 0 Å². The van der Waals surface area contributed by atoms with Crippen LogP contribution in [0.1, 0.15) is 27.7 Å². The highest BCUT2D eigenvalue weighted by atomic mass is 16.5. The predicted molar refractivity (Wildman–Crippen MR) is 62.7 cm³/mol. The number of hydrogen-bond acceptors (Lipinski definition) is 3. The van der Waals surface area contributed by atoms with E-state index in [4.69, 9.17) is 4.74 Å². The maximum Gasteiger partial charge on any atom is 0.333 e. The molecule has 1 atom stereocenters. The van der Waals surface area contributed by atoms with E-state index in [2.05, 4.69) is 32.3 Å². The Bertz CT molecular complexity index is 210. The second-order valence-electron chi connectivity index (χ2n) is 3.97. The van der Waals surface area contributed by atoms with Crippen LogP contribution in [-0.4, -0.2) is 37.1 Å². The first kappa shape index (κ1) is 14.2. The third-order valence-electron chi connectivity index (χ3n) is 2.31. The van der Waals surface area contributed by atoms with Crippen LogP contribution >= 0.6 is 0 Å². The Hall–Kier alpha value is -0.830. The molecule has 0 aliphatic rings. The largest absolute Gasteiger partial charge is 0.462 e. The maximum atomic E-state index is 11.1. The summed E-state index contributed by atoms with van der Waals surface area (Å²) in [4.78, 5) is 13.5. The molecule has 0 aromatic rings. The summed E-state index contributed by atoms with van der Waals surface area (Å²) in [6.45, 7) is 15.1. The standard InChI is InChI=1S/C12H23NO2/c1-6-13(7-2)8-11(5)9-15-12(14)10(3)4/h11H,3,6-9H2,1-2,4-5H3. The smallest absolute Gasteiger partial charge is 0.333 e. The molecule has 0 radical (unpaired) electrons. The van der Waals surface area contributed by atoms with E-state index in [1.54, 1.807) is 6.92 Å². The maximum absolute atomic E-state index is 11.1. The minimum Gasteiger partial charge on any atom is -0.462 e. The molecule has 1 unspecified atom stereocenters. The Morgan fingerprint density at radius 3 is 2.33 bits per heavy atom. The van der Waals surface area contributed by atoms with Gasteiger partial charge in [0.15, 0.2) is 0 Å². The van der Waals surface area contributed by atoms with Gasteiger partial charge in [-0.05, 0) is 20.0 Å². The van der Waals surface area contributed by atoms with Gasteiger partial charge in [0.2, 0.25) is 0 Å². The number of carbonyl (C=O) groups is 1. The fourth-order valence-electron chi connectivity index (χ4n) is 1.32. The summed E-state index contributed by atoms with van der Waals surface area (Å²) in [7, 11) is 0. The van der Waals surface area contributed by atoms with Crippen LogP contribution in [0.5, 0.6) is 0 Å². The zero-order chi connectivity index (χ0) is 11.8. The summed E-state index contributed by atoms with van der Waals surface area (Å²) in [6, 6.07) is 0. The summed E-state index contributed by atoms with van der Waals surface area (Å²) >= 11 is 0. The van der Waals surface area contributed by atoms with Crippen molar-refractivity contribution in [2.75, 3.05) is 26.2 Å². The fraction of sp³-hybridized carbons (Fsp3) is 0.750. The van der Waals surface area contributed by atoms with E-state index in [0.717, 1.165) is 19.6 Å². The summed E-state index contributed by atoms with van der Waals surface area (Å²) < 4.78 is 5.09. The molecule has 0 aromatic carbocycles. The van der Waals surface area contributed by atoms with Gasteiger partial charge in [-0.25, -0.2) is 4.79 Å². The highest BCUT2D eigenvalue weighted by Crippen LogP contribution is 2.02. The van der Waals surface area contributed by atoms with Gasteiger partial charge in [0, 0.05) is 18.0 Å². The van der Waals surface area contributed by atoms with Crippen molar-refractivity contribution in [3.05, 3.63) is 12.2 Å². The Morgan fingerprint density at radius 1 is 1.40 bits per heavy atom. The Kier molecular flexibility index (Phi) is 7.05. The van der Waals surface area contributed by atoms with E-state index in [0.29, 0.717) is 18.1 Å². The molecule has 0 rings (SSSR count). The third-order valence-corrected chi connectivity index (χ3v) is 2.31. The molecular weight excluding hydrogens is 190 g/mol. The molecule has 0 aliphatic heterocycles. The lowest BCUT2D eigenvalue weighted by Crippen LogP contribution is -2.30. The summed E-state index contributed by atoms with van der Waals surface area (Å²) in [5, 5.41) is 0. The van der Waals surface area contributed by atoms with Crippen LogP contribution in [0.15, 0.2) is 12.2 Å². The molecule has 0 spiro atoms. The van der Waals surface area contributed by atoms with Gasteiger partial charge in [0.25, 0.3) is 0 Å². The normalized spacial score (nSPS) is 12.6. The fourth-order valence-corrected chi connectivity index (χ4v) is 1.32. The first-order chi connectivity index (χ1) is 7.01. The van der Waals surface area contributed by atoms with Crippen molar-refractivity contribution in [1.29, 1.82) is 0 Å². The van der Waals surface area contributed by atoms with E-state index in [1.165, 1.54) is 0 Å². The van der Waals surface area contributed by atoms with Crippen molar-refractivity contribution < 1.29 is 9.53 Å². The van der Waals surface area contributed by atoms with E-state index >= 15 is 0 Å². The average molecular weight is 213 g/mol. The number of hydrogen-bond donors (Lipinski definition) is 0. The van der Waals surface area contributed by atoms with E-state index in [9.17, 15) is 4.79 Å². The molecule has 3 nitrogen and oxygen atoms in total. The molecule has 0 saturated carbocycles. The zero-order valence-electron chi connectivity index (χ0n) is 10.4. The van der Waals surface area contributed by atoms with Crippen LogP contribution in [-0.2, 0) is 9.53 Å². The number of nitrogens with zero attached hydrogens (tertiary/aromatic N) is 1. The molecule has 15 heavy (non-hydrogen) atoms. The molecule has 0 aliphatic carbocycles. The molecule has 0 N–H and O–H groups in total. The van der Waals surface area contributed by atoms with Crippen molar-refractivity contribution in [3.63, 3.8) is 0 Å². The first-order valence-electron chi connectivity index (χ1n) is 5.56. The molecule has 3 heteroatoms. The number of esters is 1. The average Bonchev–Trinajstić information content (AvgIpc) is 2.22. The molecule has 88 valence electrons. The van der Waals surface area contributed by atoms with Crippen molar-refractivity contribution in [2.45, 2.75) is 27.7 Å². The van der Waals surface area contributed by atoms with Gasteiger partial charge in [0.05, 0.1) is 6.61 Å². The SMILES string of the molecule is C=C(C)C(=O)OCC(C)CN(CC)CC. The molecular formula is C12H23NO2. The quantitative estimate of drug-likeness (QED) is 0.479. The zero-order valence-corrected chi connectivity index (χ0v) is 10.4. The highest BCUT2D eigenvalue weighted by molar-refractivity contribution is 5.86. The lowest BCUT2D eigenvalue weighted by atomic mass is 10.2. The number of ether oxygens (including phenoxy) is 1. The number of rotatable bonds is 7. The summed E-state index contributed by atoms with van der Waals surface area (Å²) in [5.41, 5.74) is 0.463. The molecule has 0 fully saturated rings. The molecule has 0 heterocycles. The Morgan fingerprint density at radius 2 is 1.93 bits per heavy atom. The van der Waals surface area contributed by atoms with E-state index < -0.39 is 0 Å². The molecule has 0 bridgehead atoms. The van der Waals surface area contributed by atoms with Crippen molar-refractivity contribution in [2.24, 2.45) is 5.92 Å². The minimum absolute atomic E-state index is 0.290. The number of carbonyl (C=O) groups excluding carboxylic acids is 1. The summed E-state index contributed by atoms with van der Waals surface area (Å²) in [5.74, 6) is 0.0783. The van der Waals surface area contributed by atoms with Gasteiger partial charge in [0.1, 0.15) is 0 Å². The minimum atomic E-state index is -0.290. The van der Waals surface area contributed by atoms with Crippen molar-refractivity contribution >= 4 is 5.97 Å². The monoisotopic (exact) mass is 213 g/mol. The third kappa shape index (κ3) is 6.28. The van der Waals surface area contributed by atoms with Crippen LogP contribution in [0.4, 0.5) is 0 Å². The van der Waals surface area contributed by atoms with Crippen LogP contribution in [0, 0.1) is 5.92 Å². The second-order valence-corrected chi connectivity index (χ2v) is 3.97. The first-order valence-corrected chi connectivity index (χ1v) is 5.56. The predicted octanol–water partition coefficient (Wildman–Crippen LogP) is 2.08. The van der Waals surface area contributed by atoms with Crippen LogP contribution in [0.2, 0.25) is 0 Å². The lowest BCUT2D eigenvalue weighted by Gasteiger charge is -2.22. The van der Waals surface area contributed by atoms with Gasteiger partial charge in [-0.1, -0.05) is 27.4 Å². The van der Waals surface area contributed by atoms with Crippen molar-refractivity contribution in [1.82, 2.24) is 4.90 Å². The van der Waals surface area contributed by atoms with E-state index in [-0.39, 0.29) is 5.97 Å². The van der Waals surface area contributed by atoms with Gasteiger partial charge in [-0.15, -0.1) is 0 Å².